The molecule has 0 aliphatic rings. The lowest BCUT2D eigenvalue weighted by Crippen LogP contribution is -2.33. The Morgan fingerprint density at radius 2 is 1.79 bits per heavy atom. The predicted molar refractivity (Wildman–Crippen MR) is 76.4 cm³/mol. The number of carbonyl (C=O) groups excluding carboxylic acids is 1. The Labute approximate surface area is 115 Å². The van der Waals surface area contributed by atoms with Crippen LogP contribution in [0.25, 0.3) is 0 Å². The molecule has 0 aliphatic carbocycles. The van der Waals surface area contributed by atoms with Gasteiger partial charge >= 0.3 is 0 Å². The van der Waals surface area contributed by atoms with E-state index in [9.17, 15) is 10.1 Å². The lowest BCUT2D eigenvalue weighted by molar-refractivity contribution is -0.125. The highest BCUT2D eigenvalue weighted by Crippen LogP contribution is 2.16. The molecule has 0 aliphatic heterocycles. The van der Waals surface area contributed by atoms with Gasteiger partial charge in [-0.1, -0.05) is 45.0 Å². The van der Waals surface area contributed by atoms with Crippen molar-refractivity contribution in [2.24, 2.45) is 5.92 Å². The van der Waals surface area contributed by atoms with Gasteiger partial charge in [-0.2, -0.15) is 5.26 Å². The minimum absolute atomic E-state index is 0.00855. The highest BCUT2D eigenvalue weighted by molar-refractivity contribution is 5.79. The fourth-order valence-electron chi connectivity index (χ4n) is 2.06. The van der Waals surface area contributed by atoms with E-state index < -0.39 is 6.04 Å². The van der Waals surface area contributed by atoms with Crippen molar-refractivity contribution in [3.63, 3.8) is 0 Å². The van der Waals surface area contributed by atoms with Gasteiger partial charge in [-0.3, -0.25) is 4.79 Å². The van der Waals surface area contributed by atoms with E-state index in [1.54, 1.807) is 0 Å². The van der Waals surface area contributed by atoms with Crippen LogP contribution in [0.2, 0.25) is 0 Å². The summed E-state index contributed by atoms with van der Waals surface area (Å²) in [7, 11) is 0. The Balaban J connectivity index is 2.78. The number of aryl methyl sites for hydroxylation is 1. The minimum atomic E-state index is -0.556. The van der Waals surface area contributed by atoms with Gasteiger partial charge in [0.1, 0.15) is 6.04 Å². The van der Waals surface area contributed by atoms with Crippen LogP contribution in [0.4, 0.5) is 0 Å². The van der Waals surface area contributed by atoms with Gasteiger partial charge in [0.25, 0.3) is 0 Å². The number of nitriles is 1. The average molecular weight is 258 g/mol. The number of hydrogen-bond acceptors (Lipinski definition) is 2. The fourth-order valence-corrected chi connectivity index (χ4v) is 2.06. The van der Waals surface area contributed by atoms with Crippen molar-refractivity contribution < 1.29 is 4.79 Å². The first kappa shape index (κ1) is 15.2. The van der Waals surface area contributed by atoms with Crippen molar-refractivity contribution >= 4 is 5.91 Å². The van der Waals surface area contributed by atoms with Gasteiger partial charge < -0.3 is 5.32 Å². The van der Waals surface area contributed by atoms with E-state index in [4.69, 9.17) is 0 Å². The summed E-state index contributed by atoms with van der Waals surface area (Å²) in [5.41, 5.74) is 2.07. The molecule has 3 heteroatoms. The van der Waals surface area contributed by atoms with E-state index in [2.05, 4.69) is 18.3 Å². The van der Waals surface area contributed by atoms with Gasteiger partial charge in [-0.25, -0.2) is 0 Å². The molecule has 102 valence electrons. The molecule has 1 aromatic carbocycles. The van der Waals surface area contributed by atoms with E-state index in [-0.39, 0.29) is 11.8 Å². The van der Waals surface area contributed by atoms with Crippen LogP contribution in [0.5, 0.6) is 0 Å². The van der Waals surface area contributed by atoms with Crippen molar-refractivity contribution in [1.29, 1.82) is 5.26 Å². The summed E-state index contributed by atoms with van der Waals surface area (Å²) in [6, 6.07) is 9.44. The molecule has 0 fully saturated rings. The van der Waals surface area contributed by atoms with Gasteiger partial charge in [0, 0.05) is 5.92 Å². The first-order valence-electron chi connectivity index (χ1n) is 6.95. The molecular formula is C16H22N2O. The quantitative estimate of drug-likeness (QED) is 0.850. The second-order valence-corrected chi connectivity index (χ2v) is 4.68. The molecule has 0 bridgehead atoms. The van der Waals surface area contributed by atoms with Crippen LogP contribution in [0.1, 0.15) is 50.8 Å². The van der Waals surface area contributed by atoms with E-state index in [1.807, 2.05) is 38.1 Å². The van der Waals surface area contributed by atoms with Crippen molar-refractivity contribution in [3.05, 3.63) is 35.4 Å². The molecule has 1 amide bonds. The Bertz CT molecular complexity index is 441. The summed E-state index contributed by atoms with van der Waals surface area (Å²) < 4.78 is 0. The second kappa shape index (κ2) is 7.58. The third kappa shape index (κ3) is 4.10. The molecule has 1 atom stereocenters. The van der Waals surface area contributed by atoms with Crippen molar-refractivity contribution in [2.45, 2.75) is 46.1 Å². The number of nitrogens with one attached hydrogen (secondary N) is 1. The molecule has 1 rings (SSSR count). The maximum absolute atomic E-state index is 12.0. The van der Waals surface area contributed by atoms with Gasteiger partial charge in [-0.05, 0) is 30.4 Å². The van der Waals surface area contributed by atoms with Crippen LogP contribution >= 0.6 is 0 Å². The first-order valence-corrected chi connectivity index (χ1v) is 6.95. The molecule has 1 unspecified atom stereocenters. The minimum Gasteiger partial charge on any atom is -0.336 e. The normalized spacial score (nSPS) is 11.9. The van der Waals surface area contributed by atoms with Gasteiger partial charge in [0.15, 0.2) is 0 Å². The van der Waals surface area contributed by atoms with Crippen LogP contribution in [-0.2, 0) is 11.2 Å². The molecule has 1 N–H and O–H groups in total. The van der Waals surface area contributed by atoms with E-state index in [1.165, 1.54) is 5.56 Å². The Morgan fingerprint density at radius 1 is 1.21 bits per heavy atom. The van der Waals surface area contributed by atoms with Crippen molar-refractivity contribution in [2.75, 3.05) is 0 Å². The van der Waals surface area contributed by atoms with Gasteiger partial charge in [0.2, 0.25) is 5.91 Å². The van der Waals surface area contributed by atoms with Crippen LogP contribution in [-0.4, -0.2) is 5.91 Å². The number of nitrogens with zero attached hydrogens (tertiary/aromatic N) is 1. The molecule has 19 heavy (non-hydrogen) atoms. The topological polar surface area (TPSA) is 52.9 Å². The lowest BCUT2D eigenvalue weighted by Gasteiger charge is -2.17. The molecule has 0 heterocycles. The van der Waals surface area contributed by atoms with E-state index >= 15 is 0 Å². The second-order valence-electron chi connectivity index (χ2n) is 4.68. The molecule has 0 aromatic heterocycles. The predicted octanol–water partition coefficient (Wildman–Crippen LogP) is 3.37. The number of amides is 1. The summed E-state index contributed by atoms with van der Waals surface area (Å²) in [4.78, 5) is 12.0. The molecule has 0 saturated carbocycles. The maximum atomic E-state index is 12.0. The monoisotopic (exact) mass is 258 g/mol. The standard InChI is InChI=1S/C16H22N2O/c1-4-12-7-9-14(10-8-12)15(11-17)18-16(19)13(5-2)6-3/h7-10,13,15H,4-6H2,1-3H3,(H,18,19). The van der Waals surface area contributed by atoms with Gasteiger partial charge in [0.05, 0.1) is 6.07 Å². The summed E-state index contributed by atoms with van der Waals surface area (Å²) in [5, 5.41) is 12.0. The van der Waals surface area contributed by atoms with E-state index in [0.717, 1.165) is 24.8 Å². The highest BCUT2D eigenvalue weighted by Gasteiger charge is 2.19. The summed E-state index contributed by atoms with van der Waals surface area (Å²) in [5.74, 6) is -0.0399. The van der Waals surface area contributed by atoms with Crippen LogP contribution in [0.15, 0.2) is 24.3 Å². The van der Waals surface area contributed by atoms with Crippen molar-refractivity contribution in [1.82, 2.24) is 5.32 Å². The number of carbonyl (C=O) groups is 1. The fraction of sp³-hybridized carbons (Fsp3) is 0.500. The Kier molecular flexibility index (Phi) is 6.08. The Morgan fingerprint density at radius 3 is 2.21 bits per heavy atom. The molecule has 0 radical (unpaired) electrons. The molecule has 0 spiro atoms. The third-order valence-electron chi connectivity index (χ3n) is 3.49. The number of rotatable bonds is 6. The zero-order valence-corrected chi connectivity index (χ0v) is 11.9. The van der Waals surface area contributed by atoms with Crippen LogP contribution in [0, 0.1) is 17.2 Å². The van der Waals surface area contributed by atoms with Crippen LogP contribution in [0.3, 0.4) is 0 Å². The van der Waals surface area contributed by atoms with Crippen LogP contribution < -0.4 is 5.32 Å². The average Bonchev–Trinajstić information content (AvgIpc) is 2.46. The molecular weight excluding hydrogens is 236 g/mol. The smallest absolute Gasteiger partial charge is 0.224 e. The molecule has 1 aromatic rings. The summed E-state index contributed by atoms with van der Waals surface area (Å²) in [6.45, 7) is 6.07. The molecule has 3 nitrogen and oxygen atoms in total. The maximum Gasteiger partial charge on any atom is 0.224 e. The van der Waals surface area contributed by atoms with Gasteiger partial charge in [-0.15, -0.1) is 0 Å². The zero-order valence-electron chi connectivity index (χ0n) is 11.9. The zero-order chi connectivity index (χ0) is 14.3. The number of benzene rings is 1. The largest absolute Gasteiger partial charge is 0.336 e. The first-order chi connectivity index (χ1) is 9.15. The molecule has 0 saturated heterocycles. The summed E-state index contributed by atoms with van der Waals surface area (Å²) >= 11 is 0. The van der Waals surface area contributed by atoms with E-state index in [0.29, 0.717) is 0 Å². The number of hydrogen-bond donors (Lipinski definition) is 1. The Hall–Kier alpha value is -1.82. The summed E-state index contributed by atoms with van der Waals surface area (Å²) in [6.07, 6.45) is 2.57. The third-order valence-corrected chi connectivity index (χ3v) is 3.49. The highest BCUT2D eigenvalue weighted by atomic mass is 16.1. The SMILES string of the molecule is CCc1ccc(C(C#N)NC(=O)C(CC)CC)cc1. The lowest BCUT2D eigenvalue weighted by atomic mass is 10.0. The van der Waals surface area contributed by atoms with Crippen molar-refractivity contribution in [3.8, 4) is 6.07 Å².